The minimum atomic E-state index is -0.295. The van der Waals surface area contributed by atoms with Crippen molar-refractivity contribution < 1.29 is 14.3 Å². The molecule has 3 fully saturated rings. The molecule has 0 aliphatic heterocycles. The number of aliphatic hydroxyl groups is 1. The zero-order valence-corrected chi connectivity index (χ0v) is 14.8. The Morgan fingerprint density at radius 2 is 2.21 bits per heavy atom. The number of ether oxygens (including phenoxy) is 1. The van der Waals surface area contributed by atoms with E-state index in [0.29, 0.717) is 23.2 Å². The van der Waals surface area contributed by atoms with Gasteiger partial charge in [0.05, 0.1) is 18.5 Å². The predicted molar refractivity (Wildman–Crippen MR) is 92.5 cm³/mol. The van der Waals surface area contributed by atoms with Crippen molar-refractivity contribution in [3.8, 4) is 0 Å². The molecule has 1 aromatic rings. The third-order valence-electron chi connectivity index (χ3n) is 8.39. The Morgan fingerprint density at radius 3 is 3.00 bits per heavy atom. The van der Waals surface area contributed by atoms with Crippen LogP contribution in [-0.4, -0.2) is 24.4 Å². The molecule has 4 aliphatic carbocycles. The Balaban J connectivity index is 1.57. The third-order valence-corrected chi connectivity index (χ3v) is 8.39. The van der Waals surface area contributed by atoms with E-state index < -0.39 is 0 Å². The number of methoxy groups -OCH3 is 1. The number of allylic oxidation sites excluding steroid dienone is 1. The van der Waals surface area contributed by atoms with Gasteiger partial charge in [0.25, 0.3) is 0 Å². The third kappa shape index (κ3) is 1.65. The Kier molecular flexibility index (Phi) is 3.02. The van der Waals surface area contributed by atoms with E-state index in [-0.39, 0.29) is 17.6 Å². The highest BCUT2D eigenvalue weighted by Crippen LogP contribution is 2.71. The molecule has 5 rings (SSSR count). The summed E-state index contributed by atoms with van der Waals surface area (Å²) in [5, 5.41) is 10.1. The molecule has 3 heteroatoms. The normalized spacial score (nSPS) is 48.7. The van der Waals surface area contributed by atoms with Crippen molar-refractivity contribution in [3.63, 3.8) is 0 Å². The van der Waals surface area contributed by atoms with Crippen LogP contribution in [0, 0.1) is 22.7 Å². The molecule has 0 aromatic carbocycles. The summed E-state index contributed by atoms with van der Waals surface area (Å²) in [7, 11) is 1.80. The number of hydrogen-bond acceptors (Lipinski definition) is 3. The van der Waals surface area contributed by atoms with Gasteiger partial charge in [0.15, 0.2) is 0 Å². The van der Waals surface area contributed by atoms with E-state index in [9.17, 15) is 5.11 Å². The second kappa shape index (κ2) is 4.76. The van der Waals surface area contributed by atoms with E-state index in [1.165, 1.54) is 37.7 Å². The summed E-state index contributed by atoms with van der Waals surface area (Å²) in [6.45, 7) is 2.65. The molecule has 0 radical (unpaired) electrons. The molecule has 1 spiro atoms. The highest BCUT2D eigenvalue weighted by Gasteiger charge is 2.65. The molecule has 3 saturated carbocycles. The van der Waals surface area contributed by atoms with Crippen LogP contribution in [0.25, 0.3) is 6.08 Å². The van der Waals surface area contributed by atoms with Gasteiger partial charge in [-0.3, -0.25) is 0 Å². The van der Waals surface area contributed by atoms with Gasteiger partial charge in [-0.05, 0) is 79.3 Å². The first-order valence-electron chi connectivity index (χ1n) is 9.50. The van der Waals surface area contributed by atoms with E-state index in [0.717, 1.165) is 12.2 Å². The number of rotatable bonds is 2. The first-order chi connectivity index (χ1) is 11.6. The first-order valence-corrected chi connectivity index (χ1v) is 9.50. The van der Waals surface area contributed by atoms with E-state index >= 15 is 0 Å². The van der Waals surface area contributed by atoms with E-state index in [1.807, 2.05) is 6.26 Å². The Bertz CT molecular complexity index is 685. The lowest BCUT2D eigenvalue weighted by molar-refractivity contribution is -0.0824. The van der Waals surface area contributed by atoms with Gasteiger partial charge in [0, 0.05) is 12.7 Å². The minimum Gasteiger partial charge on any atom is -0.465 e. The monoisotopic (exact) mass is 328 g/mol. The van der Waals surface area contributed by atoms with Crippen LogP contribution in [0.1, 0.15) is 62.7 Å². The lowest BCUT2D eigenvalue weighted by Gasteiger charge is -2.58. The van der Waals surface area contributed by atoms with Crippen molar-refractivity contribution >= 4 is 6.08 Å². The zero-order chi connectivity index (χ0) is 16.6. The van der Waals surface area contributed by atoms with Crippen molar-refractivity contribution in [2.75, 3.05) is 13.7 Å². The second-order valence-corrected chi connectivity index (χ2v) is 9.03. The van der Waals surface area contributed by atoms with Gasteiger partial charge in [-0.25, -0.2) is 0 Å². The van der Waals surface area contributed by atoms with Gasteiger partial charge in [-0.2, -0.15) is 0 Å². The number of aliphatic hydroxyl groups excluding tert-OH is 1. The highest BCUT2D eigenvalue weighted by atomic mass is 16.5. The number of fused-ring (bicyclic) bond motifs is 5. The lowest BCUT2D eigenvalue weighted by Crippen LogP contribution is -2.49. The van der Waals surface area contributed by atoms with Crippen LogP contribution in [0.4, 0.5) is 0 Å². The summed E-state index contributed by atoms with van der Waals surface area (Å²) in [6, 6.07) is 2.19. The summed E-state index contributed by atoms with van der Waals surface area (Å²) in [6.07, 6.45) is 13.7. The first kappa shape index (κ1) is 15.2. The van der Waals surface area contributed by atoms with Crippen LogP contribution in [0.3, 0.4) is 0 Å². The summed E-state index contributed by atoms with van der Waals surface area (Å²) in [4.78, 5) is 0. The maximum atomic E-state index is 10.1. The fourth-order valence-electron chi connectivity index (χ4n) is 7.34. The summed E-state index contributed by atoms with van der Waals surface area (Å²) < 4.78 is 11.6. The van der Waals surface area contributed by atoms with Crippen molar-refractivity contribution in [2.45, 2.75) is 57.0 Å². The molecule has 3 nitrogen and oxygen atoms in total. The molecule has 1 N–H and O–H groups in total. The highest BCUT2D eigenvalue weighted by molar-refractivity contribution is 5.55. The molecular weight excluding hydrogens is 300 g/mol. The SMILES string of the molecule is CO[C@]1(CO)C[C@@]23CC[C@@H]4c5ccoc5C=C[C@@]4(C)[C@@H]2CC[C@@H]1C3. The average molecular weight is 328 g/mol. The molecule has 130 valence electrons. The summed E-state index contributed by atoms with van der Waals surface area (Å²) in [5.74, 6) is 2.86. The molecular formula is C21H28O3. The number of hydrogen-bond donors (Lipinski definition) is 1. The predicted octanol–water partition coefficient (Wildman–Crippen LogP) is 4.37. The van der Waals surface area contributed by atoms with Gasteiger partial charge in [0.2, 0.25) is 0 Å². The quantitative estimate of drug-likeness (QED) is 0.876. The van der Waals surface area contributed by atoms with Crippen LogP contribution in [-0.2, 0) is 4.74 Å². The fraction of sp³-hybridized carbons (Fsp3) is 0.714. The molecule has 2 bridgehead atoms. The largest absolute Gasteiger partial charge is 0.465 e. The van der Waals surface area contributed by atoms with Gasteiger partial charge >= 0.3 is 0 Å². The number of furan rings is 1. The molecule has 24 heavy (non-hydrogen) atoms. The molecule has 0 amide bonds. The summed E-state index contributed by atoms with van der Waals surface area (Å²) in [5.41, 5.74) is 1.67. The van der Waals surface area contributed by atoms with Crippen LogP contribution in [0.2, 0.25) is 0 Å². The van der Waals surface area contributed by atoms with Crippen LogP contribution in [0.15, 0.2) is 22.8 Å². The van der Waals surface area contributed by atoms with Crippen molar-refractivity contribution in [3.05, 3.63) is 29.7 Å². The molecule has 1 heterocycles. The maximum Gasteiger partial charge on any atom is 0.129 e. The second-order valence-electron chi connectivity index (χ2n) is 9.03. The van der Waals surface area contributed by atoms with Gasteiger partial charge in [-0.1, -0.05) is 13.0 Å². The smallest absolute Gasteiger partial charge is 0.129 e. The van der Waals surface area contributed by atoms with E-state index in [4.69, 9.17) is 9.15 Å². The maximum absolute atomic E-state index is 10.1. The van der Waals surface area contributed by atoms with Gasteiger partial charge in [-0.15, -0.1) is 0 Å². The standard InChI is InChI=1S/C21H28O3/c1-19-8-6-17-15(7-10-24-17)16(19)5-9-20-11-14(3-4-18(19)20)21(12-20,13-22)23-2/h6-8,10,14,16,18,22H,3-5,9,11-13H2,1-2H3/t14-,16-,18+,19-,20+,21+/m1/s1. The minimum absolute atomic E-state index is 0.171. The lowest BCUT2D eigenvalue weighted by atomic mass is 9.46. The molecule has 4 aliphatic rings. The molecule has 6 atom stereocenters. The Labute approximate surface area is 144 Å². The average Bonchev–Trinajstić information content (AvgIpc) is 3.15. The van der Waals surface area contributed by atoms with Gasteiger partial charge < -0.3 is 14.3 Å². The van der Waals surface area contributed by atoms with Crippen LogP contribution in [0.5, 0.6) is 0 Å². The molecule has 0 saturated heterocycles. The molecule has 1 aromatic heterocycles. The Morgan fingerprint density at radius 1 is 1.33 bits per heavy atom. The fourth-order valence-corrected chi connectivity index (χ4v) is 7.34. The van der Waals surface area contributed by atoms with Crippen molar-refractivity contribution in [1.82, 2.24) is 0 Å². The zero-order valence-electron chi connectivity index (χ0n) is 14.8. The van der Waals surface area contributed by atoms with E-state index in [1.54, 1.807) is 7.11 Å². The summed E-state index contributed by atoms with van der Waals surface area (Å²) >= 11 is 0. The Hall–Kier alpha value is -1.06. The topological polar surface area (TPSA) is 42.6 Å². The van der Waals surface area contributed by atoms with E-state index in [2.05, 4.69) is 25.1 Å². The van der Waals surface area contributed by atoms with Crippen molar-refractivity contribution in [1.29, 1.82) is 0 Å². The van der Waals surface area contributed by atoms with Crippen LogP contribution < -0.4 is 0 Å². The van der Waals surface area contributed by atoms with Crippen molar-refractivity contribution in [2.24, 2.45) is 22.7 Å². The van der Waals surface area contributed by atoms with Crippen LogP contribution >= 0.6 is 0 Å². The van der Waals surface area contributed by atoms with Gasteiger partial charge in [0.1, 0.15) is 5.76 Å². The molecule has 0 unspecified atom stereocenters.